The molecule has 0 aliphatic heterocycles. The summed E-state index contributed by atoms with van der Waals surface area (Å²) in [6.07, 6.45) is 12.0. The Bertz CT molecular complexity index is 1030. The van der Waals surface area contributed by atoms with Crippen LogP contribution in [-0.2, 0) is 12.0 Å². The topological polar surface area (TPSA) is 42.0 Å². The number of hydrogen-bond donors (Lipinski definition) is 1. The molecule has 30 heavy (non-hydrogen) atoms. The molecule has 0 radical (unpaired) electrons. The molecule has 1 aromatic heterocycles. The maximum absolute atomic E-state index is 13.2. The van der Waals surface area contributed by atoms with E-state index in [0.29, 0.717) is 17.4 Å². The molecule has 1 amide bonds. The molecule has 2 aromatic rings. The van der Waals surface area contributed by atoms with Crippen molar-refractivity contribution in [1.82, 2.24) is 10.3 Å². The summed E-state index contributed by atoms with van der Waals surface area (Å²) in [7, 11) is 0. The van der Waals surface area contributed by atoms with E-state index in [4.69, 9.17) is 4.98 Å². The van der Waals surface area contributed by atoms with Crippen LogP contribution in [0.15, 0.2) is 48.0 Å². The fourth-order valence-corrected chi connectivity index (χ4v) is 5.21. The molecule has 2 atom stereocenters. The summed E-state index contributed by atoms with van der Waals surface area (Å²) in [5.74, 6) is 1.75. The number of nitrogens with zero attached hydrogens (tertiary/aromatic N) is 1. The predicted molar refractivity (Wildman–Crippen MR) is 114 cm³/mol. The van der Waals surface area contributed by atoms with Crippen molar-refractivity contribution in [2.75, 3.05) is 0 Å². The first-order valence-electron chi connectivity index (χ1n) is 11.4. The van der Waals surface area contributed by atoms with Crippen molar-refractivity contribution >= 4 is 5.91 Å². The number of carbonyl (C=O) groups excluding carboxylic acids is 1. The maximum atomic E-state index is 13.2. The van der Waals surface area contributed by atoms with E-state index >= 15 is 0 Å². The molecule has 0 saturated heterocycles. The molecule has 0 bridgehead atoms. The van der Waals surface area contributed by atoms with Gasteiger partial charge in [0.15, 0.2) is 0 Å². The zero-order valence-electron chi connectivity index (χ0n) is 17.2. The van der Waals surface area contributed by atoms with Crippen molar-refractivity contribution < 1.29 is 9.18 Å². The van der Waals surface area contributed by atoms with Gasteiger partial charge in [-0.1, -0.05) is 17.7 Å². The van der Waals surface area contributed by atoms with Crippen molar-refractivity contribution in [1.29, 1.82) is 0 Å². The number of allylic oxidation sites excluding steroid dienone is 2. The van der Waals surface area contributed by atoms with Crippen molar-refractivity contribution in [3.05, 3.63) is 76.4 Å². The van der Waals surface area contributed by atoms with E-state index in [9.17, 15) is 9.18 Å². The molecular weight excluding hydrogens is 375 g/mol. The second-order valence-electron chi connectivity index (χ2n) is 9.69. The quantitative estimate of drug-likeness (QED) is 0.656. The minimum absolute atomic E-state index is 0.156. The van der Waals surface area contributed by atoms with Gasteiger partial charge < -0.3 is 5.32 Å². The largest absolute Gasteiger partial charge is 0.341 e. The average molecular weight is 403 g/mol. The minimum atomic E-state index is -0.359. The van der Waals surface area contributed by atoms with Gasteiger partial charge in [-0.3, -0.25) is 9.78 Å². The van der Waals surface area contributed by atoms with Crippen LogP contribution in [0.4, 0.5) is 4.39 Å². The first-order chi connectivity index (χ1) is 14.6. The number of rotatable bonds is 6. The highest BCUT2D eigenvalue weighted by Gasteiger charge is 2.48. The lowest BCUT2D eigenvalue weighted by Gasteiger charge is -2.27. The van der Waals surface area contributed by atoms with Crippen molar-refractivity contribution in [3.8, 4) is 0 Å². The van der Waals surface area contributed by atoms with Crippen molar-refractivity contribution in [2.24, 2.45) is 11.8 Å². The SMILES string of the molecule is O=C(NC1(c2ccc3c(n2)CCCC3C2C=C2CC2CC2)CC1)c1ccc(F)cc1. The van der Waals surface area contributed by atoms with E-state index in [1.165, 1.54) is 67.6 Å². The zero-order valence-corrected chi connectivity index (χ0v) is 17.2. The van der Waals surface area contributed by atoms with Gasteiger partial charge in [0.05, 0.1) is 11.2 Å². The van der Waals surface area contributed by atoms with Crippen molar-refractivity contribution in [2.45, 2.75) is 62.8 Å². The number of amides is 1. The summed E-state index contributed by atoms with van der Waals surface area (Å²) < 4.78 is 13.2. The van der Waals surface area contributed by atoms with Gasteiger partial charge in [0.1, 0.15) is 5.82 Å². The molecule has 4 aliphatic carbocycles. The molecular formula is C26H27FN2O. The summed E-state index contributed by atoms with van der Waals surface area (Å²) in [6, 6.07) is 10.1. The summed E-state index contributed by atoms with van der Waals surface area (Å²) in [6.45, 7) is 0. The molecule has 2 fully saturated rings. The van der Waals surface area contributed by atoms with Crippen molar-refractivity contribution in [3.63, 3.8) is 0 Å². The molecule has 154 valence electrons. The van der Waals surface area contributed by atoms with Gasteiger partial charge in [-0.05, 0) is 99.1 Å². The number of fused-ring (bicyclic) bond motifs is 1. The van der Waals surface area contributed by atoms with Gasteiger partial charge in [0, 0.05) is 17.2 Å². The first-order valence-corrected chi connectivity index (χ1v) is 11.4. The molecule has 4 heteroatoms. The monoisotopic (exact) mass is 402 g/mol. The highest BCUT2D eigenvalue weighted by Crippen LogP contribution is 2.52. The van der Waals surface area contributed by atoms with Crippen LogP contribution in [0.1, 0.15) is 78.2 Å². The Morgan fingerprint density at radius 2 is 1.90 bits per heavy atom. The number of aryl methyl sites for hydroxylation is 1. The highest BCUT2D eigenvalue weighted by molar-refractivity contribution is 5.95. The third-order valence-electron chi connectivity index (χ3n) is 7.40. The van der Waals surface area contributed by atoms with Gasteiger partial charge >= 0.3 is 0 Å². The van der Waals surface area contributed by atoms with Gasteiger partial charge in [0.25, 0.3) is 5.91 Å². The zero-order chi connectivity index (χ0) is 20.3. The smallest absolute Gasteiger partial charge is 0.252 e. The molecule has 1 N–H and O–H groups in total. The summed E-state index contributed by atoms with van der Waals surface area (Å²) in [5, 5.41) is 3.17. The second-order valence-corrected chi connectivity index (χ2v) is 9.69. The maximum Gasteiger partial charge on any atom is 0.252 e. The van der Waals surface area contributed by atoms with Crippen LogP contribution in [0, 0.1) is 17.7 Å². The number of nitrogens with one attached hydrogen (secondary N) is 1. The Kier molecular flexibility index (Phi) is 4.12. The second kappa shape index (κ2) is 6.76. The Labute approximate surface area is 176 Å². The average Bonchev–Trinajstić information content (AvgIpc) is 3.63. The van der Waals surface area contributed by atoms with E-state index < -0.39 is 0 Å². The lowest BCUT2D eigenvalue weighted by molar-refractivity contribution is 0.0929. The van der Waals surface area contributed by atoms with E-state index in [1.54, 1.807) is 5.57 Å². The number of pyridine rings is 1. The number of benzene rings is 1. The van der Waals surface area contributed by atoms with Crippen LogP contribution in [0.5, 0.6) is 0 Å². The minimum Gasteiger partial charge on any atom is -0.341 e. The number of aromatic nitrogens is 1. The Hall–Kier alpha value is -2.49. The number of carbonyl (C=O) groups is 1. The number of hydrogen-bond acceptors (Lipinski definition) is 2. The van der Waals surface area contributed by atoms with Crippen LogP contribution in [-0.4, -0.2) is 10.9 Å². The molecule has 3 nitrogen and oxygen atoms in total. The third-order valence-corrected chi connectivity index (χ3v) is 7.40. The lowest BCUT2D eigenvalue weighted by atomic mass is 9.80. The van der Waals surface area contributed by atoms with Gasteiger partial charge in [-0.2, -0.15) is 0 Å². The van der Waals surface area contributed by atoms with Crippen LogP contribution in [0.2, 0.25) is 0 Å². The summed E-state index contributed by atoms with van der Waals surface area (Å²) >= 11 is 0. The van der Waals surface area contributed by atoms with Crippen LogP contribution < -0.4 is 5.32 Å². The summed E-state index contributed by atoms with van der Waals surface area (Å²) in [5.41, 5.74) is 5.46. The Balaban J connectivity index is 1.19. The van der Waals surface area contributed by atoms with Gasteiger partial charge in [0.2, 0.25) is 0 Å². The third kappa shape index (κ3) is 3.36. The van der Waals surface area contributed by atoms with E-state index in [0.717, 1.165) is 30.9 Å². The van der Waals surface area contributed by atoms with Crippen LogP contribution in [0.3, 0.4) is 0 Å². The molecule has 6 rings (SSSR count). The molecule has 0 spiro atoms. The molecule has 2 unspecified atom stereocenters. The summed E-state index contributed by atoms with van der Waals surface area (Å²) in [4.78, 5) is 17.8. The fourth-order valence-electron chi connectivity index (χ4n) is 5.21. The van der Waals surface area contributed by atoms with E-state index in [-0.39, 0.29) is 17.3 Å². The predicted octanol–water partition coefficient (Wildman–Crippen LogP) is 5.42. The Morgan fingerprint density at radius 1 is 1.10 bits per heavy atom. The van der Waals surface area contributed by atoms with Crippen LogP contribution in [0.25, 0.3) is 0 Å². The first kappa shape index (κ1) is 18.3. The fraction of sp³-hybridized carbons (Fsp3) is 0.462. The lowest BCUT2D eigenvalue weighted by Crippen LogP contribution is -2.36. The van der Waals surface area contributed by atoms with E-state index in [1.807, 2.05) is 0 Å². The number of halogens is 1. The molecule has 2 saturated carbocycles. The normalized spacial score (nSPS) is 25.8. The van der Waals surface area contributed by atoms with Gasteiger partial charge in [-0.15, -0.1) is 0 Å². The highest BCUT2D eigenvalue weighted by atomic mass is 19.1. The van der Waals surface area contributed by atoms with E-state index in [2.05, 4.69) is 23.5 Å². The Morgan fingerprint density at radius 3 is 2.63 bits per heavy atom. The molecule has 1 heterocycles. The molecule has 1 aromatic carbocycles. The van der Waals surface area contributed by atoms with Gasteiger partial charge in [-0.25, -0.2) is 4.39 Å². The standard InChI is InChI=1S/C26H27FN2O/c27-19-8-6-17(7-9-19)25(30)29-26(12-13-26)24-11-10-21-20(2-1-3-23(21)28-24)22-15-18(22)14-16-4-5-16/h6-11,15-16,20,22H,1-5,12-14H2,(H,29,30). The molecule has 4 aliphatic rings. The van der Waals surface area contributed by atoms with Crippen LogP contribution >= 0.6 is 0 Å².